The van der Waals surface area contributed by atoms with Gasteiger partial charge in [-0.25, -0.2) is 4.98 Å². The summed E-state index contributed by atoms with van der Waals surface area (Å²) in [6, 6.07) is 21.0. The van der Waals surface area contributed by atoms with Crippen molar-refractivity contribution in [2.75, 3.05) is 10.6 Å². The molecule has 2 N–H and O–H groups in total. The summed E-state index contributed by atoms with van der Waals surface area (Å²) < 4.78 is 1.19. The smallest absolute Gasteiger partial charge is 0.276 e. The fourth-order valence-electron chi connectivity index (χ4n) is 2.82. The number of amides is 1. The Morgan fingerprint density at radius 3 is 2.54 bits per heavy atom. The van der Waals surface area contributed by atoms with E-state index in [1.165, 1.54) is 4.70 Å². The van der Waals surface area contributed by atoms with Crippen LogP contribution in [-0.4, -0.2) is 27.1 Å². The number of hydrogen-bond acceptors (Lipinski definition) is 6. The number of carbonyl (C=O) groups excluding carboxylic acids is 1. The maximum absolute atomic E-state index is 12.2. The minimum atomic E-state index is -0.284. The molecule has 0 radical (unpaired) electrons. The first-order chi connectivity index (χ1) is 13.7. The molecule has 2 aromatic heterocycles. The molecule has 7 heteroatoms. The van der Waals surface area contributed by atoms with Crippen LogP contribution in [0.15, 0.2) is 66.7 Å². The predicted molar refractivity (Wildman–Crippen MR) is 113 cm³/mol. The number of fused-ring (bicyclic) bond motifs is 1. The van der Waals surface area contributed by atoms with E-state index in [2.05, 4.69) is 38.8 Å². The molecule has 4 rings (SSSR count). The lowest BCUT2D eigenvalue weighted by atomic mass is 10.2. The maximum Gasteiger partial charge on any atom is 0.276 e. The molecule has 28 heavy (non-hydrogen) atoms. The van der Waals surface area contributed by atoms with Gasteiger partial charge in [0.15, 0.2) is 5.69 Å². The largest absolute Gasteiger partial charge is 0.366 e. The molecule has 0 bridgehead atoms. The van der Waals surface area contributed by atoms with E-state index in [4.69, 9.17) is 0 Å². The summed E-state index contributed by atoms with van der Waals surface area (Å²) in [6.07, 6.45) is 0.789. The van der Waals surface area contributed by atoms with Gasteiger partial charge in [0.1, 0.15) is 5.82 Å². The van der Waals surface area contributed by atoms with Crippen LogP contribution in [0.5, 0.6) is 0 Å². The van der Waals surface area contributed by atoms with Gasteiger partial charge in [0.25, 0.3) is 5.91 Å². The Hall–Kier alpha value is -3.32. The van der Waals surface area contributed by atoms with Gasteiger partial charge in [-0.1, -0.05) is 30.3 Å². The van der Waals surface area contributed by atoms with Crippen molar-refractivity contribution in [3.8, 4) is 0 Å². The zero-order valence-corrected chi connectivity index (χ0v) is 16.1. The zero-order chi connectivity index (χ0) is 19.3. The van der Waals surface area contributed by atoms with Crippen LogP contribution in [0, 0.1) is 0 Å². The van der Waals surface area contributed by atoms with E-state index >= 15 is 0 Å². The summed E-state index contributed by atoms with van der Waals surface area (Å²) in [4.78, 5) is 16.9. The average molecular weight is 389 g/mol. The Labute approximate surface area is 166 Å². The third kappa shape index (κ3) is 4.32. The second-order valence-electron chi connectivity index (χ2n) is 6.45. The quantitative estimate of drug-likeness (QED) is 0.511. The number of thiazole rings is 1. The molecule has 140 valence electrons. The number of carbonyl (C=O) groups is 1. The number of hydrogen-bond donors (Lipinski definition) is 2. The van der Waals surface area contributed by atoms with Gasteiger partial charge in [-0.2, -0.15) is 0 Å². The molecule has 2 aromatic carbocycles. The molecule has 4 aromatic rings. The van der Waals surface area contributed by atoms with Crippen molar-refractivity contribution in [1.82, 2.24) is 15.2 Å². The van der Waals surface area contributed by atoms with E-state index in [0.717, 1.165) is 22.6 Å². The highest BCUT2D eigenvalue weighted by Crippen LogP contribution is 2.23. The number of benzene rings is 2. The van der Waals surface area contributed by atoms with Crippen molar-refractivity contribution in [1.29, 1.82) is 0 Å². The molecule has 0 saturated heterocycles. The third-order valence-electron chi connectivity index (χ3n) is 4.14. The van der Waals surface area contributed by atoms with Gasteiger partial charge >= 0.3 is 0 Å². The molecule has 2 heterocycles. The maximum atomic E-state index is 12.2. The Morgan fingerprint density at radius 1 is 1.00 bits per heavy atom. The summed E-state index contributed by atoms with van der Waals surface area (Å²) in [6.45, 7) is 2.07. The van der Waals surface area contributed by atoms with E-state index in [9.17, 15) is 4.79 Å². The Morgan fingerprint density at radius 2 is 1.79 bits per heavy atom. The average Bonchev–Trinajstić information content (AvgIpc) is 3.11. The van der Waals surface area contributed by atoms with Crippen molar-refractivity contribution in [2.45, 2.75) is 19.4 Å². The molecule has 6 nitrogen and oxygen atoms in total. The molecule has 0 aliphatic carbocycles. The highest BCUT2D eigenvalue weighted by molar-refractivity contribution is 7.18. The van der Waals surface area contributed by atoms with Gasteiger partial charge in [-0.05, 0) is 43.3 Å². The van der Waals surface area contributed by atoms with Gasteiger partial charge in [-0.3, -0.25) is 4.79 Å². The van der Waals surface area contributed by atoms with Crippen molar-refractivity contribution in [2.24, 2.45) is 0 Å². The normalized spacial score (nSPS) is 11.9. The fourth-order valence-corrected chi connectivity index (χ4v) is 3.92. The number of nitrogens with zero attached hydrogens (tertiary/aromatic N) is 3. The molecular weight excluding hydrogens is 370 g/mol. The van der Waals surface area contributed by atoms with Crippen LogP contribution in [0.25, 0.3) is 10.2 Å². The number of para-hydroxylation sites is 2. The van der Waals surface area contributed by atoms with Gasteiger partial charge in [0.05, 0.1) is 15.2 Å². The third-order valence-corrected chi connectivity index (χ3v) is 5.20. The van der Waals surface area contributed by atoms with Gasteiger partial charge < -0.3 is 10.6 Å². The lowest BCUT2D eigenvalue weighted by molar-refractivity contribution is 0.102. The van der Waals surface area contributed by atoms with Crippen LogP contribution in [-0.2, 0) is 6.42 Å². The van der Waals surface area contributed by atoms with Crippen molar-refractivity contribution in [3.63, 3.8) is 0 Å². The van der Waals surface area contributed by atoms with Crippen LogP contribution < -0.4 is 10.6 Å². The molecule has 0 spiro atoms. The minimum Gasteiger partial charge on any atom is -0.366 e. The number of rotatable bonds is 6. The van der Waals surface area contributed by atoms with Crippen LogP contribution in [0.4, 0.5) is 11.5 Å². The number of nitrogens with one attached hydrogen (secondary N) is 2. The molecule has 1 unspecified atom stereocenters. The van der Waals surface area contributed by atoms with Crippen LogP contribution in [0.3, 0.4) is 0 Å². The predicted octanol–water partition coefficient (Wildman–Crippen LogP) is 4.38. The van der Waals surface area contributed by atoms with E-state index in [0.29, 0.717) is 5.82 Å². The highest BCUT2D eigenvalue weighted by Gasteiger charge is 2.11. The summed E-state index contributed by atoms with van der Waals surface area (Å²) in [5.74, 6) is 0.345. The Bertz CT molecular complexity index is 1050. The number of aromatic nitrogens is 3. The Balaban J connectivity index is 1.36. The zero-order valence-electron chi connectivity index (χ0n) is 15.3. The van der Waals surface area contributed by atoms with Crippen molar-refractivity contribution >= 4 is 39.0 Å². The van der Waals surface area contributed by atoms with Crippen molar-refractivity contribution in [3.05, 3.63) is 77.4 Å². The molecule has 0 aliphatic rings. The monoisotopic (exact) mass is 389 g/mol. The minimum absolute atomic E-state index is 0.138. The second-order valence-corrected chi connectivity index (χ2v) is 7.56. The SMILES string of the molecule is CC(Cc1nc2ccccc2s1)Nc1ccc(C(=O)Nc2ccccc2)nn1. The molecule has 0 fully saturated rings. The summed E-state index contributed by atoms with van der Waals surface area (Å²) >= 11 is 1.70. The van der Waals surface area contributed by atoms with E-state index in [1.807, 2.05) is 48.5 Å². The van der Waals surface area contributed by atoms with E-state index in [-0.39, 0.29) is 17.6 Å². The molecule has 1 amide bonds. The first-order valence-corrected chi connectivity index (χ1v) is 9.80. The second kappa shape index (κ2) is 8.14. The van der Waals surface area contributed by atoms with Crippen molar-refractivity contribution < 1.29 is 4.79 Å². The first-order valence-electron chi connectivity index (χ1n) is 8.98. The lowest BCUT2D eigenvalue weighted by Gasteiger charge is -2.12. The molecular formula is C21H19N5OS. The molecule has 0 saturated carbocycles. The molecule has 0 aliphatic heterocycles. The molecule has 1 atom stereocenters. The highest BCUT2D eigenvalue weighted by atomic mass is 32.1. The van der Waals surface area contributed by atoms with Gasteiger partial charge in [0.2, 0.25) is 0 Å². The van der Waals surface area contributed by atoms with E-state index < -0.39 is 0 Å². The summed E-state index contributed by atoms with van der Waals surface area (Å²) in [5, 5.41) is 15.3. The Kier molecular flexibility index (Phi) is 5.25. The number of anilines is 2. The topological polar surface area (TPSA) is 79.8 Å². The standard InChI is InChI=1S/C21H19N5OS/c1-14(13-20-24-16-9-5-6-10-18(16)28-20)22-19-12-11-17(25-26-19)21(27)23-15-7-3-2-4-8-15/h2-12,14H,13H2,1H3,(H,22,26)(H,23,27). The van der Waals surface area contributed by atoms with E-state index in [1.54, 1.807) is 23.5 Å². The van der Waals surface area contributed by atoms with Gasteiger partial charge in [0, 0.05) is 18.2 Å². The first kappa shape index (κ1) is 18.1. The van der Waals surface area contributed by atoms with Crippen LogP contribution in [0.2, 0.25) is 0 Å². The fraction of sp³-hybridized carbons (Fsp3) is 0.143. The van der Waals surface area contributed by atoms with Crippen LogP contribution in [0.1, 0.15) is 22.4 Å². The summed E-state index contributed by atoms with van der Waals surface area (Å²) in [7, 11) is 0. The van der Waals surface area contributed by atoms with Gasteiger partial charge in [-0.15, -0.1) is 21.5 Å². The summed E-state index contributed by atoms with van der Waals surface area (Å²) in [5.41, 5.74) is 2.03. The lowest BCUT2D eigenvalue weighted by Crippen LogP contribution is -2.20. The van der Waals surface area contributed by atoms with Crippen LogP contribution >= 0.6 is 11.3 Å².